The Morgan fingerprint density at radius 1 is 1.29 bits per heavy atom. The highest BCUT2D eigenvalue weighted by molar-refractivity contribution is 9.09. The maximum absolute atomic E-state index is 12.6. The van der Waals surface area contributed by atoms with Crippen molar-refractivity contribution in [2.75, 3.05) is 10.6 Å². The minimum absolute atomic E-state index is 0.00633. The first-order valence-electron chi connectivity index (χ1n) is 3.55. The molecule has 1 aromatic rings. The summed E-state index contributed by atoms with van der Waals surface area (Å²) in [6.07, 6.45) is 0. The fourth-order valence-electron chi connectivity index (χ4n) is 0.822. The molecule has 0 unspecified atom stereocenters. The van der Waals surface area contributed by atoms with Crippen LogP contribution in [0.1, 0.15) is 0 Å². The average molecular weight is 268 g/mol. The molecule has 0 aliphatic heterocycles. The summed E-state index contributed by atoms with van der Waals surface area (Å²) in [5.74, 6) is -4.71. The summed E-state index contributed by atoms with van der Waals surface area (Å²) < 4.78 is 37.7. The van der Waals surface area contributed by atoms with E-state index in [0.29, 0.717) is 12.1 Å². The average Bonchev–Trinajstić information content (AvgIpc) is 2.14. The van der Waals surface area contributed by atoms with Gasteiger partial charge in [0.15, 0.2) is 17.5 Å². The van der Waals surface area contributed by atoms with Crippen molar-refractivity contribution in [1.82, 2.24) is 0 Å². The molecular weight excluding hydrogens is 263 g/mol. The first-order valence-corrected chi connectivity index (χ1v) is 4.67. The zero-order valence-electron chi connectivity index (χ0n) is 6.78. The molecule has 0 heterocycles. The van der Waals surface area contributed by atoms with E-state index < -0.39 is 23.4 Å². The number of nitrogens with one attached hydrogen (secondary N) is 1. The molecule has 1 aromatic carbocycles. The van der Waals surface area contributed by atoms with E-state index >= 15 is 0 Å². The summed E-state index contributed by atoms with van der Waals surface area (Å²) in [5, 5.41) is 2.16. The second-order valence-corrected chi connectivity index (χ2v) is 3.00. The fraction of sp³-hybridized carbons (Fsp3) is 0.125. The van der Waals surface area contributed by atoms with E-state index in [-0.39, 0.29) is 11.0 Å². The Morgan fingerprint density at radius 3 is 2.21 bits per heavy atom. The smallest absolute Gasteiger partial charge is 0.235 e. The van der Waals surface area contributed by atoms with Gasteiger partial charge in [-0.25, -0.2) is 13.2 Å². The predicted octanol–water partition coefficient (Wildman–Crippen LogP) is 2.44. The molecule has 0 aliphatic rings. The molecule has 0 spiro atoms. The van der Waals surface area contributed by atoms with Crippen LogP contribution in [-0.4, -0.2) is 11.2 Å². The molecule has 0 radical (unpaired) electrons. The molecule has 0 saturated heterocycles. The molecule has 0 fully saturated rings. The van der Waals surface area contributed by atoms with Crippen LogP contribution in [0, 0.1) is 17.5 Å². The normalized spacial score (nSPS) is 10.0. The highest BCUT2D eigenvalue weighted by Gasteiger charge is 2.11. The molecule has 76 valence electrons. The Bertz CT molecular complexity index is 347. The van der Waals surface area contributed by atoms with E-state index in [0.717, 1.165) is 0 Å². The topological polar surface area (TPSA) is 29.1 Å². The maximum atomic E-state index is 12.6. The van der Waals surface area contributed by atoms with Gasteiger partial charge in [0, 0.05) is 17.8 Å². The number of anilines is 1. The molecule has 0 atom stereocenters. The predicted molar refractivity (Wildman–Crippen MR) is 48.7 cm³/mol. The van der Waals surface area contributed by atoms with Gasteiger partial charge in [0.1, 0.15) is 0 Å². The van der Waals surface area contributed by atoms with Gasteiger partial charge < -0.3 is 5.32 Å². The van der Waals surface area contributed by atoms with Gasteiger partial charge in [-0.1, -0.05) is 15.9 Å². The standard InChI is InChI=1S/C8H5BrF3NO/c9-3-7(14)13-4-1-5(10)8(12)6(11)2-4/h1-2H,3H2,(H,13,14). The largest absolute Gasteiger partial charge is 0.325 e. The number of benzene rings is 1. The Kier molecular flexibility index (Phi) is 3.51. The Labute approximate surface area is 86.2 Å². The second-order valence-electron chi connectivity index (χ2n) is 2.44. The lowest BCUT2D eigenvalue weighted by molar-refractivity contribution is -0.113. The van der Waals surface area contributed by atoms with Crippen molar-refractivity contribution >= 4 is 27.5 Å². The van der Waals surface area contributed by atoms with Crippen molar-refractivity contribution in [2.45, 2.75) is 0 Å². The number of hydrogen-bond donors (Lipinski definition) is 1. The Balaban J connectivity index is 2.95. The molecule has 0 saturated carbocycles. The van der Waals surface area contributed by atoms with Crippen LogP contribution in [-0.2, 0) is 4.79 Å². The van der Waals surface area contributed by atoms with E-state index in [1.54, 1.807) is 0 Å². The highest BCUT2D eigenvalue weighted by atomic mass is 79.9. The molecule has 0 bridgehead atoms. The van der Waals surface area contributed by atoms with Crippen LogP contribution in [0.25, 0.3) is 0 Å². The van der Waals surface area contributed by atoms with E-state index in [2.05, 4.69) is 21.2 Å². The van der Waals surface area contributed by atoms with Crippen molar-refractivity contribution in [1.29, 1.82) is 0 Å². The minimum atomic E-state index is -1.55. The van der Waals surface area contributed by atoms with E-state index in [1.807, 2.05) is 0 Å². The van der Waals surface area contributed by atoms with Gasteiger partial charge >= 0.3 is 0 Å². The van der Waals surface area contributed by atoms with Gasteiger partial charge in [0.05, 0.1) is 5.33 Å². The Morgan fingerprint density at radius 2 is 1.79 bits per heavy atom. The Hall–Kier alpha value is -1.04. The number of carbonyl (C=O) groups is 1. The van der Waals surface area contributed by atoms with Gasteiger partial charge in [-0.05, 0) is 0 Å². The van der Waals surface area contributed by atoms with Crippen molar-refractivity contribution in [3.8, 4) is 0 Å². The van der Waals surface area contributed by atoms with Crippen LogP contribution >= 0.6 is 15.9 Å². The van der Waals surface area contributed by atoms with E-state index in [4.69, 9.17) is 0 Å². The number of halogens is 4. The van der Waals surface area contributed by atoms with Crippen molar-refractivity contribution in [3.05, 3.63) is 29.6 Å². The fourth-order valence-corrected chi connectivity index (χ4v) is 0.962. The quantitative estimate of drug-likeness (QED) is 0.647. The molecular formula is C8H5BrF3NO. The summed E-state index contributed by atoms with van der Waals surface area (Å²) >= 11 is 2.85. The van der Waals surface area contributed by atoms with E-state index in [1.165, 1.54) is 0 Å². The highest BCUT2D eigenvalue weighted by Crippen LogP contribution is 2.17. The zero-order chi connectivity index (χ0) is 10.7. The third-order valence-corrected chi connectivity index (χ3v) is 1.90. The van der Waals surface area contributed by atoms with Crippen LogP contribution in [0.4, 0.5) is 18.9 Å². The number of alkyl halides is 1. The number of hydrogen-bond acceptors (Lipinski definition) is 1. The number of carbonyl (C=O) groups excluding carboxylic acids is 1. The van der Waals surface area contributed by atoms with Crippen LogP contribution in [0.15, 0.2) is 12.1 Å². The van der Waals surface area contributed by atoms with Gasteiger partial charge in [0.2, 0.25) is 5.91 Å². The van der Waals surface area contributed by atoms with Crippen LogP contribution in [0.5, 0.6) is 0 Å². The number of rotatable bonds is 2. The lowest BCUT2D eigenvalue weighted by Gasteiger charge is -2.03. The summed E-state index contributed by atoms with van der Waals surface area (Å²) in [7, 11) is 0. The molecule has 1 N–H and O–H groups in total. The van der Waals surface area contributed by atoms with Crippen molar-refractivity contribution in [3.63, 3.8) is 0 Å². The van der Waals surface area contributed by atoms with Crippen molar-refractivity contribution in [2.24, 2.45) is 0 Å². The maximum Gasteiger partial charge on any atom is 0.235 e. The lowest BCUT2D eigenvalue weighted by Crippen LogP contribution is -2.13. The first-order chi connectivity index (χ1) is 6.54. The van der Waals surface area contributed by atoms with Gasteiger partial charge in [0.25, 0.3) is 0 Å². The van der Waals surface area contributed by atoms with Crippen LogP contribution in [0.3, 0.4) is 0 Å². The molecule has 2 nitrogen and oxygen atoms in total. The van der Waals surface area contributed by atoms with E-state index in [9.17, 15) is 18.0 Å². The summed E-state index contributed by atoms with van der Waals surface area (Å²) in [6.45, 7) is 0. The summed E-state index contributed by atoms with van der Waals surface area (Å²) in [6, 6.07) is 1.41. The summed E-state index contributed by atoms with van der Waals surface area (Å²) in [5.41, 5.74) is -0.120. The molecule has 1 rings (SSSR count). The van der Waals surface area contributed by atoms with Crippen LogP contribution in [0.2, 0.25) is 0 Å². The molecule has 6 heteroatoms. The number of amides is 1. The second kappa shape index (κ2) is 4.45. The molecule has 1 amide bonds. The molecule has 0 aliphatic carbocycles. The summed E-state index contributed by atoms with van der Waals surface area (Å²) in [4.78, 5) is 10.8. The van der Waals surface area contributed by atoms with Crippen LogP contribution < -0.4 is 5.32 Å². The first kappa shape index (κ1) is 11.0. The third-order valence-electron chi connectivity index (χ3n) is 1.39. The van der Waals surface area contributed by atoms with Gasteiger partial charge in [-0.2, -0.15) is 0 Å². The lowest BCUT2D eigenvalue weighted by atomic mass is 10.3. The zero-order valence-corrected chi connectivity index (χ0v) is 8.37. The van der Waals surface area contributed by atoms with Crippen molar-refractivity contribution < 1.29 is 18.0 Å². The van der Waals surface area contributed by atoms with Gasteiger partial charge in [-0.3, -0.25) is 4.79 Å². The SMILES string of the molecule is O=C(CBr)Nc1cc(F)c(F)c(F)c1. The molecule has 14 heavy (non-hydrogen) atoms. The van der Waals surface area contributed by atoms with Gasteiger partial charge in [-0.15, -0.1) is 0 Å². The monoisotopic (exact) mass is 267 g/mol. The molecule has 0 aromatic heterocycles. The third kappa shape index (κ3) is 2.47. The minimum Gasteiger partial charge on any atom is -0.325 e.